The Morgan fingerprint density at radius 2 is 2.00 bits per heavy atom. The molecule has 0 unspecified atom stereocenters. The van der Waals surface area contributed by atoms with Crippen LogP contribution in [0, 0.1) is 17.2 Å². The maximum Gasteiger partial charge on any atom is 0.249 e. The van der Waals surface area contributed by atoms with Gasteiger partial charge in [0.05, 0.1) is 18.7 Å². The first-order valence-electron chi connectivity index (χ1n) is 6.12. The molecule has 5 nitrogen and oxygen atoms in total. The van der Waals surface area contributed by atoms with Gasteiger partial charge in [-0.1, -0.05) is 0 Å². The van der Waals surface area contributed by atoms with Crippen LogP contribution in [0.25, 0.3) is 0 Å². The highest BCUT2D eigenvalue weighted by molar-refractivity contribution is 5.78. The van der Waals surface area contributed by atoms with Gasteiger partial charge in [0.25, 0.3) is 0 Å². The van der Waals surface area contributed by atoms with Crippen LogP contribution < -0.4 is 4.74 Å². The highest BCUT2D eigenvalue weighted by atomic mass is 16.7. The third-order valence-electron chi connectivity index (χ3n) is 3.31. The molecule has 0 heterocycles. The fraction of sp³-hybridized carbons (Fsp3) is 0.429. The average Bonchev–Trinajstić information content (AvgIpc) is 2.41. The number of nitriles is 1. The molecule has 0 saturated heterocycles. The van der Waals surface area contributed by atoms with Crippen molar-refractivity contribution in [1.82, 2.24) is 5.06 Å². The van der Waals surface area contributed by atoms with Crippen LogP contribution in [-0.4, -0.2) is 31.2 Å². The lowest BCUT2D eigenvalue weighted by atomic mass is 9.81. The summed E-state index contributed by atoms with van der Waals surface area (Å²) in [5.41, 5.74) is 0.607. The largest absolute Gasteiger partial charge is 0.490 e. The van der Waals surface area contributed by atoms with Crippen LogP contribution in [0.4, 0.5) is 0 Å². The van der Waals surface area contributed by atoms with Crippen molar-refractivity contribution in [3.05, 3.63) is 29.8 Å². The normalized spacial score (nSPS) is 21.1. The third kappa shape index (κ3) is 3.04. The van der Waals surface area contributed by atoms with Gasteiger partial charge in [0, 0.05) is 13.0 Å². The first-order valence-corrected chi connectivity index (χ1v) is 6.12. The zero-order valence-corrected chi connectivity index (χ0v) is 11.0. The number of nitrogens with zero attached hydrogens (tertiary/aromatic N) is 2. The smallest absolute Gasteiger partial charge is 0.249 e. The van der Waals surface area contributed by atoms with Crippen molar-refractivity contribution in [3.8, 4) is 11.8 Å². The zero-order chi connectivity index (χ0) is 13.8. The van der Waals surface area contributed by atoms with Crippen LogP contribution in [0.2, 0.25) is 0 Å². The van der Waals surface area contributed by atoms with Crippen LogP contribution >= 0.6 is 0 Å². The number of ether oxygens (including phenoxy) is 1. The number of hydroxylamine groups is 2. The number of carbonyl (C=O) groups excluding carboxylic acids is 1. The van der Waals surface area contributed by atoms with Crippen LogP contribution in [-0.2, 0) is 9.63 Å². The number of benzene rings is 1. The lowest BCUT2D eigenvalue weighted by molar-refractivity contribution is -0.179. The van der Waals surface area contributed by atoms with Crippen molar-refractivity contribution in [1.29, 1.82) is 5.26 Å². The van der Waals surface area contributed by atoms with Gasteiger partial charge in [0.1, 0.15) is 11.9 Å². The number of carbonyl (C=O) groups is 1. The molecule has 0 aliphatic heterocycles. The molecular formula is C14H16N2O3. The Hall–Kier alpha value is -2.06. The van der Waals surface area contributed by atoms with Crippen LogP contribution in [0.1, 0.15) is 18.4 Å². The van der Waals surface area contributed by atoms with Gasteiger partial charge >= 0.3 is 0 Å². The average molecular weight is 260 g/mol. The van der Waals surface area contributed by atoms with E-state index in [-0.39, 0.29) is 17.9 Å². The quantitative estimate of drug-likeness (QED) is 0.773. The maximum absolute atomic E-state index is 11.7. The Bertz CT molecular complexity index is 486. The molecule has 0 N–H and O–H groups in total. The number of rotatable bonds is 4. The van der Waals surface area contributed by atoms with E-state index in [2.05, 4.69) is 6.07 Å². The fourth-order valence-electron chi connectivity index (χ4n) is 2.01. The number of hydrogen-bond acceptors (Lipinski definition) is 4. The molecular weight excluding hydrogens is 244 g/mol. The molecule has 1 fully saturated rings. The molecule has 1 aliphatic rings. The minimum Gasteiger partial charge on any atom is -0.490 e. The summed E-state index contributed by atoms with van der Waals surface area (Å²) in [5.74, 6) is 0.700. The highest BCUT2D eigenvalue weighted by Gasteiger charge is 2.37. The van der Waals surface area contributed by atoms with Gasteiger partial charge in [0.15, 0.2) is 0 Å². The van der Waals surface area contributed by atoms with E-state index in [1.807, 2.05) is 0 Å². The predicted octanol–water partition coefficient (Wildman–Crippen LogP) is 1.74. The molecule has 19 heavy (non-hydrogen) atoms. The van der Waals surface area contributed by atoms with Gasteiger partial charge in [-0.05, 0) is 37.1 Å². The van der Waals surface area contributed by atoms with E-state index >= 15 is 0 Å². The van der Waals surface area contributed by atoms with Crippen molar-refractivity contribution in [2.75, 3.05) is 14.2 Å². The molecule has 100 valence electrons. The van der Waals surface area contributed by atoms with E-state index in [4.69, 9.17) is 14.8 Å². The number of hydrogen-bond donors (Lipinski definition) is 0. The fourth-order valence-corrected chi connectivity index (χ4v) is 2.01. The van der Waals surface area contributed by atoms with Gasteiger partial charge in [-0.25, -0.2) is 5.06 Å². The molecule has 0 spiro atoms. The minimum atomic E-state index is -0.0201. The molecule has 0 radical (unpaired) electrons. The van der Waals surface area contributed by atoms with Crippen molar-refractivity contribution in [2.45, 2.75) is 18.9 Å². The van der Waals surface area contributed by atoms with E-state index in [1.165, 1.54) is 12.2 Å². The van der Waals surface area contributed by atoms with Crippen LogP contribution in [0.5, 0.6) is 5.75 Å². The topological polar surface area (TPSA) is 62.6 Å². The van der Waals surface area contributed by atoms with E-state index in [1.54, 1.807) is 31.3 Å². The summed E-state index contributed by atoms with van der Waals surface area (Å²) in [4.78, 5) is 16.6. The van der Waals surface area contributed by atoms with Gasteiger partial charge in [-0.15, -0.1) is 0 Å². The Labute approximate surface area is 112 Å². The molecule has 5 heteroatoms. The summed E-state index contributed by atoms with van der Waals surface area (Å²) >= 11 is 0. The van der Waals surface area contributed by atoms with Gasteiger partial charge in [-0.2, -0.15) is 5.26 Å². The van der Waals surface area contributed by atoms with Crippen molar-refractivity contribution in [2.24, 2.45) is 5.92 Å². The molecule has 1 saturated carbocycles. The lowest BCUT2D eigenvalue weighted by Crippen LogP contribution is -2.43. The Balaban J connectivity index is 1.81. The second kappa shape index (κ2) is 5.72. The number of amides is 1. The summed E-state index contributed by atoms with van der Waals surface area (Å²) < 4.78 is 5.72. The lowest BCUT2D eigenvalue weighted by Gasteiger charge is -2.35. The van der Waals surface area contributed by atoms with E-state index < -0.39 is 0 Å². The van der Waals surface area contributed by atoms with Crippen LogP contribution in [0.3, 0.4) is 0 Å². The van der Waals surface area contributed by atoms with Gasteiger partial charge in [0.2, 0.25) is 5.91 Å². The Morgan fingerprint density at radius 1 is 1.37 bits per heavy atom. The molecule has 0 bridgehead atoms. The summed E-state index contributed by atoms with van der Waals surface area (Å²) in [6, 6.07) is 9.04. The molecule has 1 amide bonds. The predicted molar refractivity (Wildman–Crippen MR) is 68.1 cm³/mol. The summed E-state index contributed by atoms with van der Waals surface area (Å²) in [6.07, 6.45) is 1.46. The monoisotopic (exact) mass is 260 g/mol. The van der Waals surface area contributed by atoms with Gasteiger partial charge < -0.3 is 4.74 Å². The summed E-state index contributed by atoms with van der Waals surface area (Å²) in [6.45, 7) is 0. The molecule has 2 rings (SSSR count). The SMILES string of the molecule is CON(C)C(=O)C1CC(Oc2ccc(C#N)cc2)C1. The molecule has 0 aromatic heterocycles. The maximum atomic E-state index is 11.7. The van der Waals surface area contributed by atoms with Gasteiger partial charge in [-0.3, -0.25) is 9.63 Å². The zero-order valence-electron chi connectivity index (χ0n) is 11.0. The molecule has 1 aromatic rings. The second-order valence-electron chi connectivity index (χ2n) is 4.56. The Morgan fingerprint density at radius 3 is 2.53 bits per heavy atom. The van der Waals surface area contributed by atoms with Crippen molar-refractivity contribution < 1.29 is 14.4 Å². The van der Waals surface area contributed by atoms with Crippen LogP contribution in [0.15, 0.2) is 24.3 Å². The summed E-state index contributed by atoms with van der Waals surface area (Å²) in [7, 11) is 3.08. The van der Waals surface area contributed by atoms with Crippen molar-refractivity contribution in [3.63, 3.8) is 0 Å². The molecule has 1 aromatic carbocycles. The van der Waals surface area contributed by atoms with E-state index in [9.17, 15) is 4.79 Å². The summed E-state index contributed by atoms with van der Waals surface area (Å²) in [5, 5.41) is 9.95. The molecule has 0 atom stereocenters. The van der Waals surface area contributed by atoms with Crippen molar-refractivity contribution >= 4 is 5.91 Å². The van der Waals surface area contributed by atoms with E-state index in [0.29, 0.717) is 18.4 Å². The third-order valence-corrected chi connectivity index (χ3v) is 3.31. The van der Waals surface area contributed by atoms with E-state index in [0.717, 1.165) is 5.75 Å². The highest BCUT2D eigenvalue weighted by Crippen LogP contribution is 2.32. The Kier molecular flexibility index (Phi) is 4.03. The standard InChI is InChI=1S/C14H16N2O3/c1-16(18-2)14(17)11-7-13(8-11)19-12-5-3-10(9-15)4-6-12/h3-6,11,13H,7-8H2,1-2H3. The second-order valence-corrected chi connectivity index (χ2v) is 4.56. The first-order chi connectivity index (χ1) is 9.13. The molecule has 1 aliphatic carbocycles. The first kappa shape index (κ1) is 13.4. The minimum absolute atomic E-state index is 0.0119.